The Morgan fingerprint density at radius 3 is 2.42 bits per heavy atom. The number of rotatable bonds is 11. The van der Waals surface area contributed by atoms with Gasteiger partial charge in [-0.2, -0.15) is 0 Å². The van der Waals surface area contributed by atoms with Gasteiger partial charge in [-0.05, 0) is 63.6 Å². The maximum Gasteiger partial charge on any atom is 0.408 e. The molecule has 2 atom stereocenters. The van der Waals surface area contributed by atoms with Crippen molar-refractivity contribution in [3.05, 3.63) is 72.1 Å². The molecule has 16 heteroatoms. The van der Waals surface area contributed by atoms with Gasteiger partial charge in [0.2, 0.25) is 11.8 Å². The van der Waals surface area contributed by atoms with Crippen LogP contribution < -0.4 is 24.8 Å². The van der Waals surface area contributed by atoms with E-state index in [1.165, 1.54) is 11.0 Å². The minimum atomic E-state index is -4.15. The molecule has 0 unspecified atom stereocenters. The van der Waals surface area contributed by atoms with E-state index in [2.05, 4.69) is 15.4 Å². The number of hydrogen-bond donors (Lipinski definition) is 3. The van der Waals surface area contributed by atoms with Crippen molar-refractivity contribution < 1.29 is 41.8 Å². The number of fused-ring (bicyclic) bond motifs is 1. The number of likely N-dealkylation sites (tertiary alicyclic amines) is 1. The lowest BCUT2D eigenvalue weighted by molar-refractivity contribution is -0.142. The average molecular weight is 764 g/mol. The molecule has 4 aromatic rings. The van der Waals surface area contributed by atoms with E-state index >= 15 is 0 Å². The smallest absolute Gasteiger partial charge is 0.408 e. The summed E-state index contributed by atoms with van der Waals surface area (Å²) < 4.78 is 45.1. The van der Waals surface area contributed by atoms with Gasteiger partial charge in [-0.15, -0.1) is 11.3 Å². The summed E-state index contributed by atoms with van der Waals surface area (Å²) in [4.78, 5) is 59.8. The second-order valence-electron chi connectivity index (χ2n) is 13.9. The molecular formula is C37H41N5O9S2. The molecule has 1 saturated carbocycles. The summed E-state index contributed by atoms with van der Waals surface area (Å²) in [6, 6.07) is 18.6. The van der Waals surface area contributed by atoms with Crippen LogP contribution in [0.2, 0.25) is 0 Å². The molecule has 14 nitrogen and oxygen atoms in total. The third kappa shape index (κ3) is 8.54. The van der Waals surface area contributed by atoms with E-state index in [1.54, 1.807) is 57.5 Å². The third-order valence-corrected chi connectivity index (χ3v) is 11.7. The van der Waals surface area contributed by atoms with Gasteiger partial charge in [0.1, 0.15) is 45.5 Å². The maximum absolute atomic E-state index is 14.1. The molecule has 0 radical (unpaired) electrons. The standard InChI is InChI=1S/C37H41N5O9S2/c1-36(2,3)51-35(46)38-21-31(43)42-22-25(50-30-20-27(23-10-6-5-7-11-23)39-28-18-24(49-4)13-14-26(28)30)19-29(42)33(44)40-37(15-9-16-37)34(45)41-53(47,48)32-12-8-17-52-32/h5-8,10-14,17-18,20,25,29H,9,15-16,19,21-22H2,1-4H3,(H,38,46)(H,40,44)(H,41,45)/t25-,29+/m1/s1. The number of pyridine rings is 1. The fourth-order valence-corrected chi connectivity index (χ4v) is 8.30. The average Bonchev–Trinajstić information content (AvgIpc) is 3.80. The topological polar surface area (TPSA) is 182 Å². The van der Waals surface area contributed by atoms with Crippen LogP contribution >= 0.6 is 11.3 Å². The number of nitrogens with one attached hydrogen (secondary N) is 3. The second kappa shape index (κ2) is 15.0. The first-order valence-corrected chi connectivity index (χ1v) is 19.4. The van der Waals surface area contributed by atoms with Gasteiger partial charge in [0.25, 0.3) is 15.9 Å². The third-order valence-electron chi connectivity index (χ3n) is 9.00. The van der Waals surface area contributed by atoms with Gasteiger partial charge in [0.15, 0.2) is 0 Å². The number of benzene rings is 2. The van der Waals surface area contributed by atoms with E-state index in [1.807, 2.05) is 36.4 Å². The second-order valence-corrected chi connectivity index (χ2v) is 16.8. The normalized spacial score (nSPS) is 18.1. The molecule has 2 fully saturated rings. The summed E-state index contributed by atoms with van der Waals surface area (Å²) in [5, 5.41) is 7.49. The fraction of sp³-hybridized carbons (Fsp3) is 0.378. The number of thiophene rings is 1. The number of carbonyl (C=O) groups is 4. The van der Waals surface area contributed by atoms with Gasteiger partial charge in [-0.1, -0.05) is 36.4 Å². The van der Waals surface area contributed by atoms with Crippen LogP contribution in [0.25, 0.3) is 22.2 Å². The Labute approximate surface area is 311 Å². The zero-order valence-electron chi connectivity index (χ0n) is 29.7. The quantitative estimate of drug-likeness (QED) is 0.198. The highest BCUT2D eigenvalue weighted by Crippen LogP contribution is 2.36. The van der Waals surface area contributed by atoms with Crippen molar-refractivity contribution in [1.82, 2.24) is 25.2 Å². The summed E-state index contributed by atoms with van der Waals surface area (Å²) in [5.74, 6) is -1.02. The van der Waals surface area contributed by atoms with Crippen molar-refractivity contribution in [2.75, 3.05) is 20.2 Å². The zero-order chi connectivity index (χ0) is 38.0. The lowest BCUT2D eigenvalue weighted by Gasteiger charge is -2.41. The van der Waals surface area contributed by atoms with Crippen molar-refractivity contribution in [3.63, 3.8) is 0 Å². The number of aromatic nitrogens is 1. The highest BCUT2D eigenvalue weighted by molar-refractivity contribution is 7.92. The Hall–Kier alpha value is -5.22. The number of nitrogens with zero attached hydrogens (tertiary/aromatic N) is 2. The number of sulfonamides is 1. The Morgan fingerprint density at radius 1 is 1.02 bits per heavy atom. The first kappa shape index (κ1) is 37.5. The van der Waals surface area contributed by atoms with Crippen molar-refractivity contribution in [1.29, 1.82) is 0 Å². The summed E-state index contributed by atoms with van der Waals surface area (Å²) in [5.41, 5.74) is -0.195. The van der Waals surface area contributed by atoms with Crippen LogP contribution in [-0.4, -0.2) is 85.6 Å². The molecule has 1 aliphatic heterocycles. The Kier molecular flexibility index (Phi) is 10.6. The number of hydrogen-bond acceptors (Lipinski definition) is 11. The molecule has 0 bridgehead atoms. The van der Waals surface area contributed by atoms with Gasteiger partial charge in [-0.3, -0.25) is 14.4 Å². The predicted molar refractivity (Wildman–Crippen MR) is 197 cm³/mol. The highest BCUT2D eigenvalue weighted by atomic mass is 32.2. The molecule has 1 saturated heterocycles. The molecule has 2 aliphatic rings. The van der Waals surface area contributed by atoms with Crippen molar-refractivity contribution in [2.24, 2.45) is 0 Å². The summed E-state index contributed by atoms with van der Waals surface area (Å²) in [6.07, 6.45) is -0.466. The van der Waals surface area contributed by atoms with E-state index < -0.39 is 63.7 Å². The molecule has 6 rings (SSSR count). The molecule has 1 aliphatic carbocycles. The first-order valence-electron chi connectivity index (χ1n) is 17.1. The van der Waals surface area contributed by atoms with Gasteiger partial charge in [0, 0.05) is 29.5 Å². The number of amides is 4. The molecule has 2 aromatic carbocycles. The van der Waals surface area contributed by atoms with Crippen molar-refractivity contribution in [3.8, 4) is 22.8 Å². The van der Waals surface area contributed by atoms with Crippen LogP contribution in [0.4, 0.5) is 4.79 Å². The van der Waals surface area contributed by atoms with E-state index in [0.717, 1.165) is 16.9 Å². The lowest BCUT2D eigenvalue weighted by atomic mass is 9.76. The van der Waals surface area contributed by atoms with E-state index in [0.29, 0.717) is 34.5 Å². The molecule has 4 amide bonds. The van der Waals surface area contributed by atoms with Crippen LogP contribution in [0.1, 0.15) is 46.5 Å². The maximum atomic E-state index is 14.1. The molecular weight excluding hydrogens is 723 g/mol. The van der Waals surface area contributed by atoms with Gasteiger partial charge >= 0.3 is 6.09 Å². The largest absolute Gasteiger partial charge is 0.497 e. The SMILES string of the molecule is COc1ccc2c(O[C@@H]3C[C@@H](C(=O)NC4(C(=O)NS(=O)(=O)c5cccs5)CCC4)N(C(=O)CNC(=O)OC(C)(C)C)C3)cc(-c3ccccc3)nc2c1. The number of ether oxygens (including phenoxy) is 3. The summed E-state index contributed by atoms with van der Waals surface area (Å²) in [6.45, 7) is 4.58. The van der Waals surface area contributed by atoms with Crippen LogP contribution in [0.3, 0.4) is 0 Å². The zero-order valence-corrected chi connectivity index (χ0v) is 31.3. The molecule has 53 heavy (non-hydrogen) atoms. The van der Waals surface area contributed by atoms with Crippen molar-refractivity contribution >= 4 is 56.1 Å². The van der Waals surface area contributed by atoms with Crippen LogP contribution in [0.15, 0.2) is 76.3 Å². The van der Waals surface area contributed by atoms with Gasteiger partial charge in [0.05, 0.1) is 24.9 Å². The Balaban J connectivity index is 1.27. The van der Waals surface area contributed by atoms with E-state index in [9.17, 15) is 27.6 Å². The van der Waals surface area contributed by atoms with Crippen LogP contribution in [0, 0.1) is 0 Å². The van der Waals surface area contributed by atoms with E-state index in [-0.39, 0.29) is 30.0 Å². The molecule has 3 heterocycles. The van der Waals surface area contributed by atoms with Crippen LogP contribution in [0.5, 0.6) is 11.5 Å². The van der Waals surface area contributed by atoms with Crippen LogP contribution in [-0.2, 0) is 29.1 Å². The Morgan fingerprint density at radius 2 is 1.77 bits per heavy atom. The summed E-state index contributed by atoms with van der Waals surface area (Å²) >= 11 is 0.961. The molecule has 3 N–H and O–H groups in total. The fourth-order valence-electron chi connectivity index (χ4n) is 6.25. The van der Waals surface area contributed by atoms with Crippen molar-refractivity contribution in [2.45, 2.75) is 73.9 Å². The first-order chi connectivity index (χ1) is 25.2. The molecule has 280 valence electrons. The lowest BCUT2D eigenvalue weighted by Crippen LogP contribution is -2.65. The predicted octanol–water partition coefficient (Wildman–Crippen LogP) is 4.39. The number of carbonyl (C=O) groups excluding carboxylic acids is 4. The van der Waals surface area contributed by atoms with Gasteiger partial charge in [-0.25, -0.2) is 22.9 Å². The molecule has 0 spiro atoms. The monoisotopic (exact) mass is 763 g/mol. The summed E-state index contributed by atoms with van der Waals surface area (Å²) in [7, 11) is -2.59. The van der Waals surface area contributed by atoms with E-state index in [4.69, 9.17) is 19.2 Å². The molecule has 2 aromatic heterocycles. The number of methoxy groups -OCH3 is 1. The Bertz CT molecular complexity index is 2120. The minimum absolute atomic E-state index is 0.0283. The number of alkyl carbamates (subject to hydrolysis) is 1. The highest BCUT2D eigenvalue weighted by Gasteiger charge is 2.50. The van der Waals surface area contributed by atoms with Gasteiger partial charge < -0.3 is 29.7 Å². The minimum Gasteiger partial charge on any atom is -0.497 e.